The minimum atomic E-state index is -0.406. The number of aliphatic hydroxyl groups is 1. The second-order valence-electron chi connectivity index (χ2n) is 5.14. The second-order valence-corrected chi connectivity index (χ2v) is 5.55. The lowest BCUT2D eigenvalue weighted by Gasteiger charge is -2.09. The molecule has 2 heterocycles. The highest BCUT2D eigenvalue weighted by Crippen LogP contribution is 2.18. The summed E-state index contributed by atoms with van der Waals surface area (Å²) in [6, 6.07) is 4.05. The van der Waals surface area contributed by atoms with Gasteiger partial charge in [-0.3, -0.25) is 9.48 Å². The Bertz CT molecular complexity index is 935. The van der Waals surface area contributed by atoms with Gasteiger partial charge in [0.25, 0.3) is 11.3 Å². The van der Waals surface area contributed by atoms with Crippen molar-refractivity contribution in [3.05, 3.63) is 62.5 Å². The molecule has 2 aromatic heterocycles. The van der Waals surface area contributed by atoms with Crippen LogP contribution in [0.4, 0.5) is 4.39 Å². The SMILES string of the molecule is Cc1nc2ncn(Cc3cc(F)ccc3Cl)n2c(=O)c1CCO. The molecule has 0 saturated heterocycles. The molecule has 3 aromatic rings. The van der Waals surface area contributed by atoms with Crippen molar-refractivity contribution in [1.29, 1.82) is 0 Å². The average molecular weight is 337 g/mol. The highest BCUT2D eigenvalue weighted by molar-refractivity contribution is 6.31. The van der Waals surface area contributed by atoms with E-state index in [2.05, 4.69) is 9.97 Å². The maximum absolute atomic E-state index is 13.4. The lowest BCUT2D eigenvalue weighted by molar-refractivity contribution is 0.298. The van der Waals surface area contributed by atoms with Gasteiger partial charge in [0.2, 0.25) is 0 Å². The Morgan fingerprint density at radius 1 is 1.39 bits per heavy atom. The standard InChI is InChI=1S/C15H14ClFN4O2/c1-9-12(4-5-22)14(23)21-15(19-9)18-8-20(21)7-10-6-11(17)2-3-13(10)16/h2-3,6,8,22H,4-5,7H2,1H3. The Hall–Kier alpha value is -2.25. The van der Waals surface area contributed by atoms with Crippen LogP contribution in [-0.2, 0) is 13.0 Å². The minimum Gasteiger partial charge on any atom is -0.396 e. The summed E-state index contributed by atoms with van der Waals surface area (Å²) in [6.45, 7) is 1.73. The molecule has 0 fully saturated rings. The van der Waals surface area contributed by atoms with Gasteiger partial charge in [0.15, 0.2) is 0 Å². The van der Waals surface area contributed by atoms with Crippen LogP contribution in [0.15, 0.2) is 29.3 Å². The topological polar surface area (TPSA) is 72.4 Å². The van der Waals surface area contributed by atoms with Crippen molar-refractivity contribution >= 4 is 17.4 Å². The molecule has 6 nitrogen and oxygen atoms in total. The zero-order chi connectivity index (χ0) is 16.6. The molecular formula is C15H14ClFN4O2. The summed E-state index contributed by atoms with van der Waals surface area (Å²) < 4.78 is 16.2. The van der Waals surface area contributed by atoms with Gasteiger partial charge in [0.1, 0.15) is 12.1 Å². The molecule has 1 aromatic carbocycles. The van der Waals surface area contributed by atoms with E-state index in [0.29, 0.717) is 21.8 Å². The van der Waals surface area contributed by atoms with Gasteiger partial charge >= 0.3 is 0 Å². The van der Waals surface area contributed by atoms with Crippen LogP contribution < -0.4 is 5.56 Å². The van der Waals surface area contributed by atoms with E-state index in [1.54, 1.807) is 6.92 Å². The van der Waals surface area contributed by atoms with Gasteiger partial charge in [-0.05, 0) is 30.7 Å². The molecule has 0 aliphatic rings. The molecule has 0 saturated carbocycles. The maximum Gasteiger partial charge on any atom is 0.277 e. The van der Waals surface area contributed by atoms with E-state index in [0.717, 1.165) is 0 Å². The molecule has 1 N–H and O–H groups in total. The van der Waals surface area contributed by atoms with Gasteiger partial charge in [-0.25, -0.2) is 9.37 Å². The van der Waals surface area contributed by atoms with E-state index in [-0.39, 0.29) is 30.9 Å². The van der Waals surface area contributed by atoms with Crippen molar-refractivity contribution in [2.45, 2.75) is 19.9 Å². The smallest absolute Gasteiger partial charge is 0.277 e. The molecule has 0 amide bonds. The number of hydrogen-bond donors (Lipinski definition) is 1. The molecule has 0 unspecified atom stereocenters. The van der Waals surface area contributed by atoms with E-state index < -0.39 is 5.82 Å². The third-order valence-electron chi connectivity index (χ3n) is 3.61. The highest BCUT2D eigenvalue weighted by atomic mass is 35.5. The van der Waals surface area contributed by atoms with Gasteiger partial charge in [-0.2, -0.15) is 9.50 Å². The summed E-state index contributed by atoms with van der Waals surface area (Å²) in [4.78, 5) is 21.0. The van der Waals surface area contributed by atoms with Gasteiger partial charge < -0.3 is 5.11 Å². The Morgan fingerprint density at radius 3 is 2.91 bits per heavy atom. The number of halogens is 2. The van der Waals surface area contributed by atoms with Crippen molar-refractivity contribution in [3.8, 4) is 0 Å². The van der Waals surface area contributed by atoms with Crippen LogP contribution in [-0.4, -0.2) is 30.9 Å². The number of aliphatic hydroxyl groups excluding tert-OH is 1. The quantitative estimate of drug-likeness (QED) is 0.785. The summed E-state index contributed by atoms with van der Waals surface area (Å²) >= 11 is 6.07. The summed E-state index contributed by atoms with van der Waals surface area (Å²) in [5, 5.41) is 9.51. The largest absolute Gasteiger partial charge is 0.396 e. The molecule has 0 radical (unpaired) electrons. The minimum absolute atomic E-state index is 0.145. The lowest BCUT2D eigenvalue weighted by atomic mass is 10.2. The molecule has 3 rings (SSSR count). The normalized spacial score (nSPS) is 11.3. The molecule has 0 aliphatic carbocycles. The fraction of sp³-hybridized carbons (Fsp3) is 0.267. The molecular weight excluding hydrogens is 323 g/mol. The first-order chi connectivity index (χ1) is 11.0. The third kappa shape index (κ3) is 2.85. The van der Waals surface area contributed by atoms with Gasteiger partial charge in [0.05, 0.1) is 12.2 Å². The maximum atomic E-state index is 13.4. The number of nitrogens with zero attached hydrogens (tertiary/aromatic N) is 4. The Kier molecular flexibility index (Phi) is 4.14. The molecule has 23 heavy (non-hydrogen) atoms. The number of rotatable bonds is 4. The van der Waals surface area contributed by atoms with Crippen LogP contribution in [0.3, 0.4) is 0 Å². The first kappa shape index (κ1) is 15.6. The number of aromatic nitrogens is 4. The Morgan fingerprint density at radius 2 is 2.17 bits per heavy atom. The van der Waals surface area contributed by atoms with E-state index in [1.807, 2.05) is 0 Å². The summed E-state index contributed by atoms with van der Waals surface area (Å²) in [7, 11) is 0. The predicted molar refractivity (Wildman–Crippen MR) is 83.3 cm³/mol. The van der Waals surface area contributed by atoms with Crippen LogP contribution in [0.1, 0.15) is 16.8 Å². The van der Waals surface area contributed by atoms with Crippen molar-refractivity contribution in [3.63, 3.8) is 0 Å². The second kappa shape index (κ2) is 6.10. The predicted octanol–water partition coefficient (Wildman–Crippen LogP) is 1.58. The molecule has 0 bridgehead atoms. The van der Waals surface area contributed by atoms with E-state index in [1.165, 1.54) is 33.7 Å². The van der Waals surface area contributed by atoms with Crippen molar-refractivity contribution in [1.82, 2.24) is 19.2 Å². The first-order valence-electron chi connectivity index (χ1n) is 6.99. The van der Waals surface area contributed by atoms with Crippen molar-refractivity contribution in [2.24, 2.45) is 0 Å². The summed E-state index contributed by atoms with van der Waals surface area (Å²) in [6.07, 6.45) is 1.67. The number of fused-ring (bicyclic) bond motifs is 1. The van der Waals surface area contributed by atoms with Crippen molar-refractivity contribution < 1.29 is 9.50 Å². The molecule has 8 heteroatoms. The highest BCUT2D eigenvalue weighted by Gasteiger charge is 2.14. The van der Waals surface area contributed by atoms with E-state index in [4.69, 9.17) is 16.7 Å². The van der Waals surface area contributed by atoms with Gasteiger partial charge in [-0.15, -0.1) is 0 Å². The fourth-order valence-corrected chi connectivity index (χ4v) is 2.65. The first-order valence-corrected chi connectivity index (χ1v) is 7.37. The number of benzene rings is 1. The van der Waals surface area contributed by atoms with Crippen LogP contribution in [0.25, 0.3) is 5.78 Å². The van der Waals surface area contributed by atoms with Gasteiger partial charge in [0, 0.05) is 23.6 Å². The van der Waals surface area contributed by atoms with Crippen molar-refractivity contribution in [2.75, 3.05) is 6.61 Å². The summed E-state index contributed by atoms with van der Waals surface area (Å²) in [5.41, 5.74) is 1.20. The number of hydrogen-bond acceptors (Lipinski definition) is 4. The molecule has 120 valence electrons. The monoisotopic (exact) mass is 336 g/mol. The van der Waals surface area contributed by atoms with E-state index in [9.17, 15) is 9.18 Å². The Labute approximate surface area is 135 Å². The molecule has 0 atom stereocenters. The number of aryl methyl sites for hydroxylation is 1. The van der Waals surface area contributed by atoms with Crippen LogP contribution in [0.5, 0.6) is 0 Å². The lowest BCUT2D eigenvalue weighted by Crippen LogP contribution is -2.27. The molecule has 0 spiro atoms. The van der Waals surface area contributed by atoms with E-state index >= 15 is 0 Å². The summed E-state index contributed by atoms with van der Waals surface area (Å²) in [5.74, 6) is -0.155. The third-order valence-corrected chi connectivity index (χ3v) is 3.98. The fourth-order valence-electron chi connectivity index (χ4n) is 2.47. The zero-order valence-electron chi connectivity index (χ0n) is 12.3. The van der Waals surface area contributed by atoms with Crippen LogP contribution in [0, 0.1) is 12.7 Å². The Balaban J connectivity index is 2.13. The van der Waals surface area contributed by atoms with Crippen LogP contribution >= 0.6 is 11.6 Å². The zero-order valence-corrected chi connectivity index (χ0v) is 13.1. The molecule has 0 aliphatic heterocycles. The average Bonchev–Trinajstić information content (AvgIpc) is 2.90. The van der Waals surface area contributed by atoms with Crippen LogP contribution in [0.2, 0.25) is 5.02 Å². The van der Waals surface area contributed by atoms with Gasteiger partial charge in [-0.1, -0.05) is 11.6 Å².